The second-order valence-electron chi connectivity index (χ2n) is 6.32. The van der Waals surface area contributed by atoms with Crippen molar-refractivity contribution in [3.63, 3.8) is 0 Å². The van der Waals surface area contributed by atoms with Crippen molar-refractivity contribution in [2.45, 2.75) is 44.9 Å². The van der Waals surface area contributed by atoms with Crippen molar-refractivity contribution in [1.82, 2.24) is 5.32 Å². The Kier molecular flexibility index (Phi) is 5.15. The summed E-state index contributed by atoms with van der Waals surface area (Å²) in [7, 11) is 0. The maximum atomic E-state index is 12.0. The number of amides is 1. The van der Waals surface area contributed by atoms with Crippen molar-refractivity contribution < 1.29 is 4.79 Å². The molecule has 0 fully saturated rings. The standard InChI is InChI=1S/C19H26N2O/c22-19(20-13-10-16-6-2-1-3-7-16)12-15-21-14-11-17-8-4-5-9-18(17)21/h4-6,8-9H,1-3,7,10-15H2,(H,20,22). The minimum atomic E-state index is 0.181. The Morgan fingerprint density at radius 3 is 2.95 bits per heavy atom. The minimum Gasteiger partial charge on any atom is -0.370 e. The van der Waals surface area contributed by atoms with Crippen LogP contribution in [0.2, 0.25) is 0 Å². The first-order chi connectivity index (χ1) is 10.8. The molecule has 1 aromatic carbocycles. The smallest absolute Gasteiger partial charge is 0.221 e. The molecule has 0 saturated carbocycles. The summed E-state index contributed by atoms with van der Waals surface area (Å²) in [5, 5.41) is 3.07. The molecule has 1 aliphatic carbocycles. The Morgan fingerprint density at radius 1 is 1.18 bits per heavy atom. The number of hydrogen-bond acceptors (Lipinski definition) is 2. The summed E-state index contributed by atoms with van der Waals surface area (Å²) in [4.78, 5) is 14.3. The molecule has 1 aliphatic heterocycles. The van der Waals surface area contributed by atoms with Gasteiger partial charge in [0.2, 0.25) is 5.91 Å². The van der Waals surface area contributed by atoms with E-state index in [-0.39, 0.29) is 5.91 Å². The molecule has 3 nitrogen and oxygen atoms in total. The van der Waals surface area contributed by atoms with E-state index in [2.05, 4.69) is 40.6 Å². The fourth-order valence-electron chi connectivity index (χ4n) is 3.46. The molecule has 1 amide bonds. The maximum absolute atomic E-state index is 12.0. The number of carbonyl (C=O) groups excluding carboxylic acids is 1. The van der Waals surface area contributed by atoms with Crippen molar-refractivity contribution in [3.8, 4) is 0 Å². The van der Waals surface area contributed by atoms with Crippen LogP contribution in [0.4, 0.5) is 5.69 Å². The van der Waals surface area contributed by atoms with E-state index in [1.165, 1.54) is 42.5 Å². The molecule has 1 aromatic rings. The Balaban J connectivity index is 1.37. The van der Waals surface area contributed by atoms with Crippen LogP contribution in [0.3, 0.4) is 0 Å². The predicted molar refractivity (Wildman–Crippen MR) is 91.2 cm³/mol. The summed E-state index contributed by atoms with van der Waals surface area (Å²) in [6.45, 7) is 2.66. The lowest BCUT2D eigenvalue weighted by Crippen LogP contribution is -2.30. The summed E-state index contributed by atoms with van der Waals surface area (Å²) in [5.41, 5.74) is 4.25. The number of fused-ring (bicyclic) bond motifs is 1. The second-order valence-corrected chi connectivity index (χ2v) is 6.32. The normalized spacial score (nSPS) is 17.1. The number of hydrogen-bond donors (Lipinski definition) is 1. The predicted octanol–water partition coefficient (Wildman–Crippen LogP) is 3.45. The Hall–Kier alpha value is -1.77. The van der Waals surface area contributed by atoms with Crippen LogP contribution in [-0.4, -0.2) is 25.5 Å². The zero-order chi connectivity index (χ0) is 15.2. The number of allylic oxidation sites excluding steroid dienone is 1. The minimum absolute atomic E-state index is 0.181. The number of para-hydroxylation sites is 1. The first-order valence-corrected chi connectivity index (χ1v) is 8.60. The van der Waals surface area contributed by atoms with Crippen LogP contribution in [0.15, 0.2) is 35.9 Å². The molecular formula is C19H26N2O. The van der Waals surface area contributed by atoms with Crippen LogP contribution in [-0.2, 0) is 11.2 Å². The van der Waals surface area contributed by atoms with Crippen molar-refractivity contribution in [2.24, 2.45) is 0 Å². The number of anilines is 1. The first-order valence-electron chi connectivity index (χ1n) is 8.60. The SMILES string of the molecule is O=C(CCN1CCc2ccccc21)NCCC1=CCCCC1. The van der Waals surface area contributed by atoms with Crippen molar-refractivity contribution in [2.75, 3.05) is 24.5 Å². The molecule has 22 heavy (non-hydrogen) atoms. The van der Waals surface area contributed by atoms with Crippen molar-refractivity contribution >= 4 is 11.6 Å². The van der Waals surface area contributed by atoms with Gasteiger partial charge in [-0.05, 0) is 50.2 Å². The monoisotopic (exact) mass is 298 g/mol. The van der Waals surface area contributed by atoms with E-state index in [0.717, 1.165) is 32.5 Å². The number of nitrogens with zero attached hydrogens (tertiary/aromatic N) is 1. The van der Waals surface area contributed by atoms with E-state index in [0.29, 0.717) is 6.42 Å². The number of carbonyl (C=O) groups is 1. The lowest BCUT2D eigenvalue weighted by atomic mass is 9.97. The topological polar surface area (TPSA) is 32.3 Å². The number of nitrogens with one attached hydrogen (secondary N) is 1. The fraction of sp³-hybridized carbons (Fsp3) is 0.526. The number of benzene rings is 1. The van der Waals surface area contributed by atoms with E-state index >= 15 is 0 Å². The first kappa shape index (κ1) is 15.1. The molecular weight excluding hydrogens is 272 g/mol. The molecule has 0 unspecified atom stereocenters. The molecule has 3 rings (SSSR count). The van der Waals surface area contributed by atoms with Crippen LogP contribution < -0.4 is 10.2 Å². The Labute approximate surface area is 133 Å². The molecule has 1 heterocycles. The molecule has 0 atom stereocenters. The van der Waals surface area contributed by atoms with E-state index in [9.17, 15) is 4.79 Å². The zero-order valence-electron chi connectivity index (χ0n) is 13.3. The third kappa shape index (κ3) is 3.90. The van der Waals surface area contributed by atoms with Gasteiger partial charge in [-0.2, -0.15) is 0 Å². The van der Waals surface area contributed by atoms with Gasteiger partial charge in [0.05, 0.1) is 0 Å². The quantitative estimate of drug-likeness (QED) is 0.816. The summed E-state index contributed by atoms with van der Waals surface area (Å²) in [5.74, 6) is 0.181. The van der Waals surface area contributed by atoms with Gasteiger partial charge in [-0.15, -0.1) is 0 Å². The molecule has 2 aliphatic rings. The van der Waals surface area contributed by atoms with Gasteiger partial charge in [0.15, 0.2) is 0 Å². The molecule has 118 valence electrons. The summed E-state index contributed by atoms with van der Waals surface area (Å²) < 4.78 is 0. The maximum Gasteiger partial charge on any atom is 0.221 e. The van der Waals surface area contributed by atoms with Gasteiger partial charge < -0.3 is 10.2 Å². The van der Waals surface area contributed by atoms with Crippen molar-refractivity contribution in [1.29, 1.82) is 0 Å². The molecule has 3 heteroatoms. The number of rotatable bonds is 6. The highest BCUT2D eigenvalue weighted by molar-refractivity contribution is 5.76. The van der Waals surface area contributed by atoms with Crippen LogP contribution >= 0.6 is 0 Å². The molecule has 0 aromatic heterocycles. The van der Waals surface area contributed by atoms with Crippen LogP contribution in [0, 0.1) is 0 Å². The van der Waals surface area contributed by atoms with Gasteiger partial charge in [-0.25, -0.2) is 0 Å². The molecule has 0 radical (unpaired) electrons. The Bertz CT molecular complexity index is 550. The molecule has 0 spiro atoms. The van der Waals surface area contributed by atoms with Crippen LogP contribution in [0.5, 0.6) is 0 Å². The van der Waals surface area contributed by atoms with E-state index in [1.54, 1.807) is 0 Å². The van der Waals surface area contributed by atoms with Gasteiger partial charge in [-0.3, -0.25) is 4.79 Å². The lowest BCUT2D eigenvalue weighted by molar-refractivity contribution is -0.120. The third-order valence-electron chi connectivity index (χ3n) is 4.75. The summed E-state index contributed by atoms with van der Waals surface area (Å²) in [6.07, 6.45) is 10.2. The molecule has 0 saturated heterocycles. The highest BCUT2D eigenvalue weighted by Crippen LogP contribution is 2.27. The summed E-state index contributed by atoms with van der Waals surface area (Å²) >= 11 is 0. The molecule has 0 bridgehead atoms. The van der Waals surface area contributed by atoms with Gasteiger partial charge in [0, 0.05) is 31.7 Å². The average molecular weight is 298 g/mol. The van der Waals surface area contributed by atoms with Gasteiger partial charge >= 0.3 is 0 Å². The highest BCUT2D eigenvalue weighted by Gasteiger charge is 2.18. The zero-order valence-corrected chi connectivity index (χ0v) is 13.3. The highest BCUT2D eigenvalue weighted by atomic mass is 16.1. The second kappa shape index (κ2) is 7.48. The van der Waals surface area contributed by atoms with E-state index in [1.807, 2.05) is 0 Å². The van der Waals surface area contributed by atoms with Gasteiger partial charge in [0.25, 0.3) is 0 Å². The van der Waals surface area contributed by atoms with Crippen molar-refractivity contribution in [3.05, 3.63) is 41.5 Å². The van der Waals surface area contributed by atoms with Crippen LogP contribution in [0.1, 0.15) is 44.1 Å². The van der Waals surface area contributed by atoms with Gasteiger partial charge in [0.1, 0.15) is 0 Å². The largest absolute Gasteiger partial charge is 0.370 e. The average Bonchev–Trinajstić information content (AvgIpc) is 2.97. The Morgan fingerprint density at radius 2 is 2.09 bits per heavy atom. The van der Waals surface area contributed by atoms with Crippen LogP contribution in [0.25, 0.3) is 0 Å². The fourth-order valence-corrected chi connectivity index (χ4v) is 3.46. The summed E-state index contributed by atoms with van der Waals surface area (Å²) in [6, 6.07) is 8.52. The van der Waals surface area contributed by atoms with Gasteiger partial charge in [-0.1, -0.05) is 29.8 Å². The third-order valence-corrected chi connectivity index (χ3v) is 4.75. The lowest BCUT2D eigenvalue weighted by Gasteiger charge is -2.19. The molecule has 1 N–H and O–H groups in total. The van der Waals surface area contributed by atoms with E-state index < -0.39 is 0 Å². The van der Waals surface area contributed by atoms with E-state index in [4.69, 9.17) is 0 Å².